The van der Waals surface area contributed by atoms with Gasteiger partial charge in [-0.1, -0.05) is 11.8 Å². The molecule has 5 atom stereocenters. The van der Waals surface area contributed by atoms with Crippen molar-refractivity contribution in [3.8, 4) is 0 Å². The molecule has 0 amide bonds. The molecule has 8 nitrogen and oxygen atoms in total. The largest absolute Gasteiger partial charge is 0.394 e. The second-order valence-corrected chi connectivity index (χ2v) is 5.79. The van der Waals surface area contributed by atoms with E-state index in [2.05, 4.69) is 9.97 Å². The van der Waals surface area contributed by atoms with Crippen molar-refractivity contribution in [3.63, 3.8) is 0 Å². The molecule has 114 valence electrons. The third-order valence-corrected chi connectivity index (χ3v) is 4.51. The zero-order valence-corrected chi connectivity index (χ0v) is 11.7. The Hall–Kier alpha value is -1.23. The quantitative estimate of drug-likeness (QED) is 0.547. The maximum Gasteiger partial charge on any atom is 0.175 e. The summed E-state index contributed by atoms with van der Waals surface area (Å²) < 4.78 is 7.20. The monoisotopic (exact) mass is 313 g/mol. The molecule has 9 heteroatoms. The van der Waals surface area contributed by atoms with Crippen LogP contribution in [0.4, 0.5) is 0 Å². The number of thioether (sulfide) groups is 1. The summed E-state index contributed by atoms with van der Waals surface area (Å²) in [6, 6.07) is 0. The Morgan fingerprint density at radius 1 is 1.19 bits per heavy atom. The molecule has 1 fully saturated rings. The van der Waals surface area contributed by atoms with Gasteiger partial charge in [-0.15, -0.1) is 0 Å². The van der Waals surface area contributed by atoms with Crippen LogP contribution in [0.15, 0.2) is 29.9 Å². The summed E-state index contributed by atoms with van der Waals surface area (Å²) in [5.41, 5.74) is -0.0658. The molecule has 1 aliphatic heterocycles. The minimum Gasteiger partial charge on any atom is -0.394 e. The first-order valence-corrected chi connectivity index (χ1v) is 7.24. The highest BCUT2D eigenvalue weighted by Crippen LogP contribution is 2.32. The number of rotatable bonds is 3. The van der Waals surface area contributed by atoms with Gasteiger partial charge in [0.15, 0.2) is 5.16 Å². The zero-order valence-electron chi connectivity index (χ0n) is 10.9. The molecule has 2 aromatic rings. The minimum atomic E-state index is -1.39. The van der Waals surface area contributed by atoms with Crippen LogP contribution in [0.5, 0.6) is 0 Å². The molecule has 4 N–H and O–H groups in total. The number of hydrogen-bond donors (Lipinski definition) is 4. The molecule has 0 spiro atoms. The highest BCUT2D eigenvalue weighted by Gasteiger charge is 2.44. The average Bonchev–Trinajstić information content (AvgIpc) is 2.91. The Bertz CT molecular complexity index is 622. The molecule has 21 heavy (non-hydrogen) atoms. The van der Waals surface area contributed by atoms with Crippen LogP contribution in [0, 0.1) is 0 Å². The van der Waals surface area contributed by atoms with Crippen LogP contribution in [0.3, 0.4) is 0 Å². The summed E-state index contributed by atoms with van der Waals surface area (Å²) in [5, 5.41) is 39.2. The Morgan fingerprint density at radius 2 is 2.00 bits per heavy atom. The number of hydrogen-bond acceptors (Lipinski definition) is 8. The second kappa shape index (κ2) is 5.87. The summed E-state index contributed by atoms with van der Waals surface area (Å²) >= 11 is 1.10. The number of aromatic nitrogens is 3. The minimum absolute atomic E-state index is 0.450. The van der Waals surface area contributed by atoms with Gasteiger partial charge in [0.25, 0.3) is 0 Å². The van der Waals surface area contributed by atoms with Gasteiger partial charge in [0.05, 0.1) is 24.5 Å². The van der Waals surface area contributed by atoms with Crippen molar-refractivity contribution in [3.05, 3.63) is 24.8 Å². The molecule has 1 saturated heterocycles. The Labute approximate surface area is 124 Å². The number of nitrogens with zero attached hydrogens (tertiary/aromatic N) is 3. The summed E-state index contributed by atoms with van der Waals surface area (Å²) in [4.78, 5) is 8.19. The van der Waals surface area contributed by atoms with Gasteiger partial charge < -0.3 is 25.2 Å². The van der Waals surface area contributed by atoms with Crippen LogP contribution in [0.1, 0.15) is 0 Å². The molecular weight excluding hydrogens is 298 g/mol. The van der Waals surface area contributed by atoms with Gasteiger partial charge in [0.2, 0.25) is 0 Å². The van der Waals surface area contributed by atoms with E-state index in [0.717, 1.165) is 17.3 Å². The fraction of sp³-hybridized carbons (Fsp3) is 0.500. The van der Waals surface area contributed by atoms with Crippen molar-refractivity contribution in [2.75, 3.05) is 6.61 Å². The lowest BCUT2D eigenvalue weighted by Crippen LogP contribution is -2.57. The maximum absolute atomic E-state index is 10.0. The van der Waals surface area contributed by atoms with Crippen molar-refractivity contribution < 1.29 is 25.2 Å². The SMILES string of the molecule is OCC1OC(Sc2ncc3cnccn23)C(O)C(O)C1O. The number of ether oxygens (including phenoxy) is 1. The third kappa shape index (κ3) is 2.63. The molecule has 2 aromatic heterocycles. The molecule has 0 bridgehead atoms. The Morgan fingerprint density at radius 3 is 2.76 bits per heavy atom. The highest BCUT2D eigenvalue weighted by atomic mass is 32.2. The summed E-state index contributed by atoms with van der Waals surface area (Å²) in [6.07, 6.45) is 1.63. The van der Waals surface area contributed by atoms with Crippen LogP contribution in [-0.2, 0) is 4.74 Å². The number of aliphatic hydroxyl groups is 4. The van der Waals surface area contributed by atoms with Crippen molar-refractivity contribution >= 4 is 17.3 Å². The van der Waals surface area contributed by atoms with Crippen LogP contribution < -0.4 is 0 Å². The predicted molar refractivity (Wildman–Crippen MR) is 72.6 cm³/mol. The number of aliphatic hydroxyl groups excluding tert-OH is 4. The molecule has 0 aromatic carbocycles. The van der Waals surface area contributed by atoms with Gasteiger partial charge in [-0.2, -0.15) is 0 Å². The molecule has 3 heterocycles. The van der Waals surface area contributed by atoms with Gasteiger partial charge >= 0.3 is 0 Å². The first kappa shape index (κ1) is 14.7. The first-order valence-electron chi connectivity index (χ1n) is 6.36. The molecule has 0 saturated carbocycles. The van der Waals surface area contributed by atoms with E-state index in [1.54, 1.807) is 29.2 Å². The molecule has 5 unspecified atom stereocenters. The standard InChI is InChI=1S/C12H15N3O5S/c16-5-7-8(17)9(18)10(19)11(20-7)21-12-14-4-6-3-13-1-2-15(6)12/h1-4,7-11,16-19H,5H2. The van der Waals surface area contributed by atoms with E-state index >= 15 is 0 Å². The first-order chi connectivity index (χ1) is 10.1. The third-order valence-electron chi connectivity index (χ3n) is 3.37. The van der Waals surface area contributed by atoms with E-state index in [1.807, 2.05) is 0 Å². The predicted octanol–water partition coefficient (Wildman–Crippen LogP) is -1.38. The Kier molecular flexibility index (Phi) is 4.11. The van der Waals surface area contributed by atoms with E-state index in [9.17, 15) is 15.3 Å². The van der Waals surface area contributed by atoms with Crippen molar-refractivity contribution in [2.45, 2.75) is 35.0 Å². The number of fused-ring (bicyclic) bond motifs is 1. The van der Waals surface area contributed by atoms with Crippen molar-refractivity contribution in [1.29, 1.82) is 0 Å². The summed E-state index contributed by atoms with van der Waals surface area (Å²) in [7, 11) is 0. The van der Waals surface area contributed by atoms with Gasteiger partial charge in [0.1, 0.15) is 29.9 Å². The van der Waals surface area contributed by atoms with Crippen LogP contribution in [0.25, 0.3) is 5.52 Å². The number of imidazole rings is 1. The lowest BCUT2D eigenvalue weighted by molar-refractivity contribution is -0.205. The van der Waals surface area contributed by atoms with Crippen LogP contribution >= 0.6 is 11.8 Å². The van der Waals surface area contributed by atoms with E-state index < -0.39 is 36.5 Å². The normalized spacial score (nSPS) is 33.4. The molecule has 3 rings (SSSR count). The molecule has 0 aliphatic carbocycles. The van der Waals surface area contributed by atoms with Crippen LogP contribution in [-0.4, -0.2) is 71.3 Å². The average molecular weight is 313 g/mol. The Balaban J connectivity index is 1.83. The van der Waals surface area contributed by atoms with E-state index in [-0.39, 0.29) is 0 Å². The highest BCUT2D eigenvalue weighted by molar-refractivity contribution is 7.99. The topological polar surface area (TPSA) is 120 Å². The zero-order chi connectivity index (χ0) is 15.0. The molecule has 1 aliphatic rings. The van der Waals surface area contributed by atoms with E-state index in [4.69, 9.17) is 9.84 Å². The lowest BCUT2D eigenvalue weighted by atomic mass is 10.0. The van der Waals surface area contributed by atoms with Gasteiger partial charge in [-0.05, 0) is 0 Å². The smallest absolute Gasteiger partial charge is 0.175 e. The van der Waals surface area contributed by atoms with Crippen LogP contribution in [0.2, 0.25) is 0 Å². The van der Waals surface area contributed by atoms with Crippen molar-refractivity contribution in [2.24, 2.45) is 0 Å². The maximum atomic E-state index is 10.0. The van der Waals surface area contributed by atoms with Crippen molar-refractivity contribution in [1.82, 2.24) is 14.4 Å². The molecular formula is C12H15N3O5S. The fourth-order valence-electron chi connectivity index (χ4n) is 2.18. The van der Waals surface area contributed by atoms with E-state index in [0.29, 0.717) is 5.16 Å². The van der Waals surface area contributed by atoms with E-state index in [1.165, 1.54) is 0 Å². The summed E-state index contributed by atoms with van der Waals surface area (Å²) in [6.45, 7) is -0.450. The summed E-state index contributed by atoms with van der Waals surface area (Å²) in [5.74, 6) is 0. The second-order valence-electron chi connectivity index (χ2n) is 4.73. The fourth-order valence-corrected chi connectivity index (χ4v) is 3.28. The lowest BCUT2D eigenvalue weighted by Gasteiger charge is -2.39. The van der Waals surface area contributed by atoms with Gasteiger partial charge in [-0.3, -0.25) is 9.38 Å². The van der Waals surface area contributed by atoms with Gasteiger partial charge in [-0.25, -0.2) is 4.98 Å². The van der Waals surface area contributed by atoms with Gasteiger partial charge in [0, 0.05) is 12.4 Å². The molecule has 0 radical (unpaired) electrons.